The molecule has 0 amide bonds. The summed E-state index contributed by atoms with van der Waals surface area (Å²) < 4.78 is 9.01. The quantitative estimate of drug-likeness (QED) is 0.167. The van der Waals surface area contributed by atoms with E-state index >= 15 is 0 Å². The molecule has 328 valence electrons. The zero-order valence-electron chi connectivity index (χ0n) is 37.9. The molecular weight excluding hydrogens is 855 g/mol. The molecule has 1 aliphatic carbocycles. The van der Waals surface area contributed by atoms with Crippen LogP contribution in [0, 0.1) is 0 Å². The summed E-state index contributed by atoms with van der Waals surface area (Å²) in [5, 5.41) is 13.3. The van der Waals surface area contributed by atoms with Crippen LogP contribution in [0.3, 0.4) is 0 Å². The third kappa shape index (κ3) is 5.72. The molecule has 70 heavy (non-hydrogen) atoms. The summed E-state index contributed by atoms with van der Waals surface area (Å²) in [6.07, 6.45) is 8.55. The fourth-order valence-corrected chi connectivity index (χ4v) is 11.4. The van der Waals surface area contributed by atoms with Crippen molar-refractivity contribution in [1.82, 2.24) is 33.4 Å². The van der Waals surface area contributed by atoms with Crippen LogP contribution < -0.4 is 0 Å². The van der Waals surface area contributed by atoms with Gasteiger partial charge >= 0.3 is 0 Å². The normalized spacial score (nSPS) is 12.7. The number of para-hydroxylation sites is 4. The predicted molar refractivity (Wildman–Crippen MR) is 288 cm³/mol. The number of nitrogens with zero attached hydrogens (tertiary/aromatic N) is 7. The zero-order chi connectivity index (χ0) is 45.9. The monoisotopic (exact) mass is 895 g/mol. The fourth-order valence-electron chi connectivity index (χ4n) is 11.4. The minimum Gasteiger partial charge on any atom is -0.310 e. The van der Waals surface area contributed by atoms with Gasteiger partial charge in [-0.15, -0.1) is 0 Å². The van der Waals surface area contributed by atoms with Gasteiger partial charge in [0.1, 0.15) is 16.7 Å². The highest BCUT2D eigenvalue weighted by Gasteiger charge is 2.24. The first kappa shape index (κ1) is 38.7. The van der Waals surface area contributed by atoms with Crippen molar-refractivity contribution in [2.75, 3.05) is 0 Å². The van der Waals surface area contributed by atoms with E-state index in [1.165, 1.54) is 55.0 Å². The molecule has 0 bridgehead atoms. The molecule has 0 aliphatic heterocycles. The summed E-state index contributed by atoms with van der Waals surface area (Å²) in [6, 6.07) is 74.1. The lowest BCUT2D eigenvalue weighted by atomic mass is 9.96. The average Bonchev–Trinajstić information content (AvgIpc) is 4.19. The number of hydrogen-bond donors (Lipinski definition) is 0. The second kappa shape index (κ2) is 15.1. The largest absolute Gasteiger partial charge is 0.310 e. The van der Waals surface area contributed by atoms with Crippen molar-refractivity contribution >= 4 is 82.4 Å². The molecule has 0 saturated heterocycles. The Bertz CT molecular complexity index is 4460. The smallest absolute Gasteiger partial charge is 0.235 e. The highest BCUT2D eigenvalue weighted by Crippen LogP contribution is 2.42. The molecule has 0 radical (unpaired) electrons. The first-order chi connectivity index (χ1) is 34.7. The van der Waals surface area contributed by atoms with E-state index in [1.807, 2.05) is 29.1 Å². The Morgan fingerprint density at radius 1 is 0.414 bits per heavy atom. The van der Waals surface area contributed by atoms with Crippen molar-refractivity contribution < 1.29 is 0 Å². The summed E-state index contributed by atoms with van der Waals surface area (Å²) in [4.78, 5) is 11.1. The van der Waals surface area contributed by atoms with Crippen LogP contribution in [-0.2, 0) is 6.42 Å². The Balaban J connectivity index is 0.968. The molecule has 7 nitrogen and oxygen atoms in total. The lowest BCUT2D eigenvalue weighted by molar-refractivity contribution is 0.908. The minimum absolute atomic E-state index is 0.591. The van der Waals surface area contributed by atoms with Gasteiger partial charge < -0.3 is 9.13 Å². The maximum Gasteiger partial charge on any atom is 0.235 e. The van der Waals surface area contributed by atoms with Crippen LogP contribution in [0.4, 0.5) is 0 Å². The van der Waals surface area contributed by atoms with Crippen molar-refractivity contribution in [2.24, 2.45) is 0 Å². The molecule has 7 heteroatoms. The molecule has 0 spiro atoms. The van der Waals surface area contributed by atoms with E-state index in [4.69, 9.17) is 15.1 Å². The highest BCUT2D eigenvalue weighted by molar-refractivity contribution is 6.22. The molecule has 14 aromatic rings. The van der Waals surface area contributed by atoms with Crippen LogP contribution in [0.5, 0.6) is 0 Å². The molecule has 1 aliphatic rings. The third-order valence-corrected chi connectivity index (χ3v) is 14.5. The number of rotatable bonds is 6. The molecule has 15 rings (SSSR count). The van der Waals surface area contributed by atoms with E-state index in [2.05, 4.69) is 214 Å². The minimum atomic E-state index is 0.591. The standard InChI is InChI=1S/C63H41N7/c1-4-17-44(18-5-1)67-54-26-14-12-24-48(54)50-36-41(29-32-56(50)67)42-30-33-58-52(37-42)60-47-23-11-10-16-40(47)28-35-59(60)69(58)63-65-53-39-64-70(46-21-8-3-9-22-46)62(53)61(66-63)43-31-34-57-51(38-43)49-25-13-15-27-55(49)68(57)45-19-6-2-7-20-45/h1-11,13-23,25-39H,12,24H2. The van der Waals surface area contributed by atoms with Crippen molar-refractivity contribution in [3.05, 3.63) is 230 Å². The van der Waals surface area contributed by atoms with E-state index in [1.54, 1.807) is 0 Å². The van der Waals surface area contributed by atoms with Gasteiger partial charge in [-0.05, 0) is 131 Å². The number of aryl methyl sites for hydroxylation is 1. The number of hydrogen-bond acceptors (Lipinski definition) is 3. The summed E-state index contributed by atoms with van der Waals surface area (Å²) in [5.41, 5.74) is 17.3. The molecule has 9 aromatic carbocycles. The Morgan fingerprint density at radius 2 is 1.00 bits per heavy atom. The Morgan fingerprint density at radius 3 is 1.77 bits per heavy atom. The van der Waals surface area contributed by atoms with Gasteiger partial charge in [-0.1, -0.05) is 127 Å². The second-order valence-corrected chi connectivity index (χ2v) is 18.4. The summed E-state index contributed by atoms with van der Waals surface area (Å²) >= 11 is 0. The first-order valence-corrected chi connectivity index (χ1v) is 24.0. The van der Waals surface area contributed by atoms with Gasteiger partial charge in [0, 0.05) is 49.6 Å². The summed E-state index contributed by atoms with van der Waals surface area (Å²) in [6.45, 7) is 0. The molecule has 5 heterocycles. The fraction of sp³-hybridized carbons (Fsp3) is 0.0317. The number of aromatic nitrogens is 7. The van der Waals surface area contributed by atoms with Crippen molar-refractivity contribution in [3.63, 3.8) is 0 Å². The van der Waals surface area contributed by atoms with E-state index in [0.717, 1.165) is 84.9 Å². The van der Waals surface area contributed by atoms with Crippen molar-refractivity contribution in [2.45, 2.75) is 12.8 Å². The van der Waals surface area contributed by atoms with Crippen LogP contribution in [0.1, 0.15) is 17.7 Å². The Kier molecular flexibility index (Phi) is 8.35. The van der Waals surface area contributed by atoms with E-state index < -0.39 is 0 Å². The topological polar surface area (TPSA) is 58.4 Å². The average molecular weight is 896 g/mol. The SMILES string of the molecule is C1=Cc2c(c3cc(-c4ccc5c(c4)c4c6ccccc6ccc4n5-c4nc(-c5ccc6c(c5)c5ccccc5n6-c5ccccc5)c5c(cnn5-c5ccccc5)n4)ccc3n2-c2ccccc2)CC1. The van der Waals surface area contributed by atoms with Crippen molar-refractivity contribution in [3.8, 4) is 45.4 Å². The number of allylic oxidation sites excluding steroid dienone is 1. The van der Waals surface area contributed by atoms with Gasteiger partial charge in [0.2, 0.25) is 5.95 Å². The Labute approximate surface area is 402 Å². The van der Waals surface area contributed by atoms with E-state index in [-0.39, 0.29) is 0 Å². The van der Waals surface area contributed by atoms with Gasteiger partial charge in [-0.25, -0.2) is 14.6 Å². The maximum absolute atomic E-state index is 5.66. The molecular formula is C63H41N7. The zero-order valence-corrected chi connectivity index (χ0v) is 37.9. The Hall–Kier alpha value is -9.33. The third-order valence-electron chi connectivity index (χ3n) is 14.5. The first-order valence-electron chi connectivity index (χ1n) is 24.0. The van der Waals surface area contributed by atoms with Crippen molar-refractivity contribution in [1.29, 1.82) is 0 Å². The molecule has 0 N–H and O–H groups in total. The lowest BCUT2D eigenvalue weighted by Crippen LogP contribution is -2.05. The van der Waals surface area contributed by atoms with Crippen LogP contribution >= 0.6 is 0 Å². The van der Waals surface area contributed by atoms with Gasteiger partial charge in [0.05, 0.1) is 39.5 Å². The van der Waals surface area contributed by atoms with Crippen LogP contribution in [0.15, 0.2) is 219 Å². The lowest BCUT2D eigenvalue weighted by Gasteiger charge is -2.13. The highest BCUT2D eigenvalue weighted by atomic mass is 15.3. The van der Waals surface area contributed by atoms with Gasteiger partial charge in [-0.3, -0.25) is 4.57 Å². The van der Waals surface area contributed by atoms with Gasteiger partial charge in [-0.2, -0.15) is 5.10 Å². The predicted octanol–water partition coefficient (Wildman–Crippen LogP) is 15.4. The maximum atomic E-state index is 5.66. The van der Waals surface area contributed by atoms with Crippen LogP contribution in [0.25, 0.3) is 128 Å². The summed E-state index contributed by atoms with van der Waals surface area (Å²) in [7, 11) is 0. The van der Waals surface area contributed by atoms with Gasteiger partial charge in [0.25, 0.3) is 0 Å². The number of benzene rings is 9. The second-order valence-electron chi connectivity index (χ2n) is 18.4. The molecule has 0 saturated carbocycles. The molecule has 5 aromatic heterocycles. The summed E-state index contributed by atoms with van der Waals surface area (Å²) in [5.74, 6) is 0.591. The molecule has 0 atom stereocenters. The van der Waals surface area contributed by atoms with E-state index in [9.17, 15) is 0 Å². The molecule has 0 fully saturated rings. The van der Waals surface area contributed by atoms with Gasteiger partial charge in [0.15, 0.2) is 0 Å². The molecule has 0 unspecified atom stereocenters. The van der Waals surface area contributed by atoms with E-state index in [0.29, 0.717) is 5.95 Å². The number of fused-ring (bicyclic) bond motifs is 12. The van der Waals surface area contributed by atoms with Crippen LogP contribution in [-0.4, -0.2) is 33.4 Å². The van der Waals surface area contributed by atoms with Crippen LogP contribution in [0.2, 0.25) is 0 Å².